The molecule has 0 heterocycles. The fourth-order valence-corrected chi connectivity index (χ4v) is 6.82. The molecule has 2 atom stereocenters. The summed E-state index contributed by atoms with van der Waals surface area (Å²) in [5.41, 5.74) is -0.889. The van der Waals surface area contributed by atoms with Crippen LogP contribution in [0.5, 0.6) is 0 Å². The normalized spacial score (nSPS) is 13.4. The molecule has 47 heavy (non-hydrogen) atoms. The summed E-state index contributed by atoms with van der Waals surface area (Å²) in [5.74, 6) is -0.417. The van der Waals surface area contributed by atoms with Crippen molar-refractivity contribution in [1.82, 2.24) is 0 Å². The smallest absolute Gasteiger partial charge is 0.306 e. The van der Waals surface area contributed by atoms with E-state index in [9.17, 15) is 9.59 Å². The Balaban J connectivity index is 3.96. The van der Waals surface area contributed by atoms with Crippen molar-refractivity contribution in [3.05, 3.63) is 24.3 Å². The van der Waals surface area contributed by atoms with E-state index >= 15 is 0 Å². The lowest BCUT2D eigenvalue weighted by molar-refractivity contribution is -0.180. The van der Waals surface area contributed by atoms with Gasteiger partial charge in [0.1, 0.15) is 5.60 Å². The van der Waals surface area contributed by atoms with E-state index in [0.29, 0.717) is 12.8 Å². The minimum absolute atomic E-state index is 0.122. The SMILES string of the molecule is CCCCCCCC/C=C\CCCCCCCC(=O)OC(C(C)Br)C(C)(C)OC(=O)CCCCCCC/C=C\CCCCCCCC. The molecule has 0 aliphatic carbocycles. The van der Waals surface area contributed by atoms with Crippen molar-refractivity contribution in [3.63, 3.8) is 0 Å². The summed E-state index contributed by atoms with van der Waals surface area (Å²) in [6.07, 6.45) is 41.7. The van der Waals surface area contributed by atoms with Crippen LogP contribution in [0.15, 0.2) is 24.3 Å². The molecule has 0 spiro atoms. The van der Waals surface area contributed by atoms with Gasteiger partial charge in [0.2, 0.25) is 0 Å². The Labute approximate surface area is 301 Å². The number of unbranched alkanes of at least 4 members (excludes halogenated alkanes) is 22. The average molecular weight is 726 g/mol. The summed E-state index contributed by atoms with van der Waals surface area (Å²) in [7, 11) is 0. The number of alkyl halides is 1. The Hall–Kier alpha value is -1.10. The first-order chi connectivity index (χ1) is 22.7. The van der Waals surface area contributed by atoms with E-state index in [1.807, 2.05) is 20.8 Å². The van der Waals surface area contributed by atoms with Crippen LogP contribution in [0.3, 0.4) is 0 Å². The molecule has 0 radical (unpaired) electrons. The van der Waals surface area contributed by atoms with E-state index in [4.69, 9.17) is 9.47 Å². The maximum atomic E-state index is 12.7. The van der Waals surface area contributed by atoms with Crippen LogP contribution in [0.1, 0.15) is 214 Å². The molecule has 0 aliphatic heterocycles. The molecule has 4 nitrogen and oxygen atoms in total. The van der Waals surface area contributed by atoms with Gasteiger partial charge in [0.05, 0.1) is 4.83 Å². The summed E-state index contributed by atoms with van der Waals surface area (Å²) in [6, 6.07) is 0. The number of ether oxygens (including phenoxy) is 2. The maximum Gasteiger partial charge on any atom is 0.306 e. The molecule has 2 unspecified atom stereocenters. The zero-order valence-electron chi connectivity index (χ0n) is 31.8. The van der Waals surface area contributed by atoms with Crippen molar-refractivity contribution in [2.75, 3.05) is 0 Å². The Morgan fingerprint density at radius 1 is 0.532 bits per heavy atom. The summed E-state index contributed by atoms with van der Waals surface area (Å²) in [6.45, 7) is 10.2. The molecule has 0 aromatic rings. The van der Waals surface area contributed by atoms with Gasteiger partial charge in [-0.3, -0.25) is 9.59 Å². The predicted octanol–water partition coefficient (Wildman–Crippen LogP) is 14.1. The lowest BCUT2D eigenvalue weighted by atomic mass is 9.98. The first kappa shape index (κ1) is 45.9. The third-order valence-corrected chi connectivity index (χ3v) is 9.50. The fraction of sp³-hybridized carbons (Fsp3) is 0.857. The van der Waals surface area contributed by atoms with Crippen molar-refractivity contribution < 1.29 is 19.1 Å². The molecule has 0 fully saturated rings. The number of rotatable bonds is 34. The van der Waals surface area contributed by atoms with E-state index in [2.05, 4.69) is 54.1 Å². The monoisotopic (exact) mass is 725 g/mol. The predicted molar refractivity (Wildman–Crippen MR) is 207 cm³/mol. The first-order valence-corrected chi connectivity index (χ1v) is 21.0. The van der Waals surface area contributed by atoms with Crippen molar-refractivity contribution in [1.29, 1.82) is 0 Å². The summed E-state index contributed by atoms with van der Waals surface area (Å²) >= 11 is 3.59. The molecule has 0 saturated carbocycles. The van der Waals surface area contributed by atoms with Crippen LogP contribution in [0.25, 0.3) is 0 Å². The lowest BCUT2D eigenvalue weighted by Gasteiger charge is -2.35. The average Bonchev–Trinajstić information content (AvgIpc) is 3.03. The van der Waals surface area contributed by atoms with Gasteiger partial charge in [-0.05, 0) is 85.0 Å². The number of hydrogen-bond acceptors (Lipinski definition) is 4. The quantitative estimate of drug-likeness (QED) is 0.0287. The number of allylic oxidation sites excluding steroid dienone is 4. The largest absolute Gasteiger partial charge is 0.457 e. The van der Waals surface area contributed by atoms with Crippen LogP contribution in [0, 0.1) is 0 Å². The summed E-state index contributed by atoms with van der Waals surface area (Å²) < 4.78 is 11.7. The second-order valence-electron chi connectivity index (χ2n) is 14.3. The summed E-state index contributed by atoms with van der Waals surface area (Å²) in [5, 5.41) is 0. The first-order valence-electron chi connectivity index (χ1n) is 20.1. The molecule has 0 N–H and O–H groups in total. The van der Waals surface area contributed by atoms with Crippen molar-refractivity contribution in [2.24, 2.45) is 0 Å². The zero-order valence-corrected chi connectivity index (χ0v) is 33.4. The van der Waals surface area contributed by atoms with E-state index in [-0.39, 0.29) is 16.8 Å². The minimum atomic E-state index is -0.889. The van der Waals surface area contributed by atoms with Gasteiger partial charge < -0.3 is 9.47 Å². The number of carbonyl (C=O) groups excluding carboxylic acids is 2. The van der Waals surface area contributed by atoms with E-state index < -0.39 is 11.7 Å². The van der Waals surface area contributed by atoms with Crippen LogP contribution in [-0.2, 0) is 19.1 Å². The van der Waals surface area contributed by atoms with Crippen LogP contribution < -0.4 is 0 Å². The Bertz CT molecular complexity index is 773. The van der Waals surface area contributed by atoms with Crippen LogP contribution in [-0.4, -0.2) is 28.5 Å². The van der Waals surface area contributed by atoms with Gasteiger partial charge in [-0.1, -0.05) is 157 Å². The van der Waals surface area contributed by atoms with Gasteiger partial charge in [-0.15, -0.1) is 0 Å². The molecule has 0 aromatic heterocycles. The van der Waals surface area contributed by atoms with E-state index in [0.717, 1.165) is 51.4 Å². The highest BCUT2D eigenvalue weighted by atomic mass is 79.9. The van der Waals surface area contributed by atoms with Gasteiger partial charge in [-0.2, -0.15) is 0 Å². The van der Waals surface area contributed by atoms with Crippen molar-refractivity contribution >= 4 is 27.9 Å². The molecule has 0 rings (SSSR count). The molecule has 0 bridgehead atoms. The lowest BCUT2D eigenvalue weighted by Crippen LogP contribution is -2.47. The van der Waals surface area contributed by atoms with Crippen molar-refractivity contribution in [3.8, 4) is 0 Å². The number of hydrogen-bond donors (Lipinski definition) is 0. The van der Waals surface area contributed by atoms with Gasteiger partial charge in [-0.25, -0.2) is 0 Å². The molecule has 5 heteroatoms. The highest BCUT2D eigenvalue weighted by Gasteiger charge is 2.39. The van der Waals surface area contributed by atoms with Gasteiger partial charge in [0.15, 0.2) is 6.10 Å². The standard InChI is InChI=1S/C42H77BrO4/c1-6-8-10-12-14-16-18-20-22-24-26-28-30-32-34-36-39(44)46-41(38(3)43)42(4,5)47-40(45)37-35-33-31-29-27-25-23-21-19-17-15-13-11-9-7-2/h20-23,38,41H,6-19,24-37H2,1-5H3/b22-20-,23-21-. The Morgan fingerprint density at radius 3 is 1.21 bits per heavy atom. The third-order valence-electron chi connectivity index (χ3n) is 9.02. The number of carbonyl (C=O) groups is 2. The van der Waals surface area contributed by atoms with Crippen molar-refractivity contribution in [2.45, 2.75) is 231 Å². The second kappa shape index (κ2) is 33.4. The number of esters is 2. The minimum Gasteiger partial charge on any atom is -0.457 e. The highest BCUT2D eigenvalue weighted by Crippen LogP contribution is 2.27. The van der Waals surface area contributed by atoms with Gasteiger partial charge in [0.25, 0.3) is 0 Å². The molecule has 276 valence electrons. The van der Waals surface area contributed by atoms with Crippen LogP contribution in [0.2, 0.25) is 0 Å². The number of halogens is 1. The third kappa shape index (κ3) is 30.7. The summed E-state index contributed by atoms with van der Waals surface area (Å²) in [4.78, 5) is 25.2. The van der Waals surface area contributed by atoms with E-state index in [1.54, 1.807) is 0 Å². The molecule has 0 amide bonds. The Kier molecular flexibility index (Phi) is 32.6. The molecular formula is C42H77BrO4. The molecule has 0 aromatic carbocycles. The molecule has 0 aliphatic rings. The maximum absolute atomic E-state index is 12.7. The van der Waals surface area contributed by atoms with Crippen LogP contribution in [0.4, 0.5) is 0 Å². The molecule has 0 saturated heterocycles. The zero-order chi connectivity index (χ0) is 34.9. The Morgan fingerprint density at radius 2 is 0.851 bits per heavy atom. The van der Waals surface area contributed by atoms with Gasteiger partial charge in [0, 0.05) is 12.8 Å². The van der Waals surface area contributed by atoms with Crippen LogP contribution >= 0.6 is 15.9 Å². The second-order valence-corrected chi connectivity index (χ2v) is 15.8. The fourth-order valence-electron chi connectivity index (χ4n) is 6.07. The highest BCUT2D eigenvalue weighted by molar-refractivity contribution is 9.09. The molecular weight excluding hydrogens is 648 g/mol. The van der Waals surface area contributed by atoms with Gasteiger partial charge >= 0.3 is 11.9 Å². The van der Waals surface area contributed by atoms with E-state index in [1.165, 1.54) is 116 Å². The topological polar surface area (TPSA) is 52.6 Å².